The number of aromatic amines is 2. The Kier molecular flexibility index (Phi) is 2.67. The van der Waals surface area contributed by atoms with Crippen LogP contribution >= 0.6 is 0 Å². The molecule has 1 aromatic carbocycles. The van der Waals surface area contributed by atoms with Crippen LogP contribution in [-0.4, -0.2) is 28.2 Å². The van der Waals surface area contributed by atoms with Crippen LogP contribution in [0.1, 0.15) is 6.42 Å². The van der Waals surface area contributed by atoms with Crippen molar-refractivity contribution in [2.45, 2.75) is 6.42 Å². The number of nitrogens with one attached hydrogen (secondary N) is 2. The lowest BCUT2D eigenvalue weighted by Crippen LogP contribution is -2.03. The highest BCUT2D eigenvalue weighted by molar-refractivity contribution is 5.83. The Bertz CT molecular complexity index is 823. The first-order chi connectivity index (χ1) is 10.3. The van der Waals surface area contributed by atoms with Gasteiger partial charge in [0.2, 0.25) is 0 Å². The second kappa shape index (κ2) is 4.66. The molecule has 0 unspecified atom stereocenters. The number of hydrogen-bond acceptors (Lipinski definition) is 4. The van der Waals surface area contributed by atoms with Gasteiger partial charge >= 0.3 is 0 Å². The summed E-state index contributed by atoms with van der Waals surface area (Å²) in [5, 5.41) is 0. The van der Waals surface area contributed by atoms with Gasteiger partial charge in [-0.3, -0.25) is 4.79 Å². The summed E-state index contributed by atoms with van der Waals surface area (Å²) in [6, 6.07) is 5.18. The van der Waals surface area contributed by atoms with Crippen LogP contribution < -0.4 is 14.9 Å². The number of pyridine rings is 1. The lowest BCUT2D eigenvalue weighted by molar-refractivity contribution is 0.297. The van der Waals surface area contributed by atoms with Crippen molar-refractivity contribution in [3.63, 3.8) is 0 Å². The van der Waals surface area contributed by atoms with Gasteiger partial charge in [-0.15, -0.1) is 0 Å². The molecule has 4 rings (SSSR count). The molecule has 0 amide bonds. The molecular formula is C15H13N3O3. The summed E-state index contributed by atoms with van der Waals surface area (Å²) in [5.74, 6) is 1.93. The predicted octanol–water partition coefficient (Wildman–Crippen LogP) is 2.08. The number of ether oxygens (including phenoxy) is 2. The van der Waals surface area contributed by atoms with Crippen molar-refractivity contribution in [2.24, 2.45) is 0 Å². The molecule has 0 spiro atoms. The maximum atomic E-state index is 11.9. The van der Waals surface area contributed by atoms with Crippen LogP contribution in [0, 0.1) is 0 Å². The topological polar surface area (TPSA) is 80.0 Å². The van der Waals surface area contributed by atoms with E-state index >= 15 is 0 Å². The van der Waals surface area contributed by atoms with E-state index in [2.05, 4.69) is 15.0 Å². The van der Waals surface area contributed by atoms with Crippen molar-refractivity contribution in [3.8, 4) is 22.9 Å². The zero-order valence-corrected chi connectivity index (χ0v) is 11.2. The second-order valence-electron chi connectivity index (χ2n) is 4.87. The molecule has 21 heavy (non-hydrogen) atoms. The summed E-state index contributed by atoms with van der Waals surface area (Å²) < 4.78 is 11.3. The third-order valence-corrected chi connectivity index (χ3v) is 3.43. The van der Waals surface area contributed by atoms with E-state index in [1.54, 1.807) is 12.4 Å². The van der Waals surface area contributed by atoms with E-state index in [1.807, 2.05) is 12.1 Å². The van der Waals surface area contributed by atoms with Crippen LogP contribution in [0.15, 0.2) is 35.4 Å². The molecular weight excluding hydrogens is 270 g/mol. The van der Waals surface area contributed by atoms with Gasteiger partial charge in [0.15, 0.2) is 16.9 Å². The molecule has 2 aromatic heterocycles. The number of rotatable bonds is 1. The average molecular weight is 283 g/mol. The van der Waals surface area contributed by atoms with Crippen LogP contribution in [0.3, 0.4) is 0 Å². The maximum absolute atomic E-state index is 11.9. The van der Waals surface area contributed by atoms with Gasteiger partial charge < -0.3 is 19.4 Å². The molecule has 0 saturated heterocycles. The minimum Gasteiger partial charge on any atom is -0.489 e. The number of nitrogens with zero attached hydrogens (tertiary/aromatic N) is 1. The Labute approximate surface area is 119 Å². The molecule has 0 fully saturated rings. The van der Waals surface area contributed by atoms with Crippen LogP contribution in [-0.2, 0) is 0 Å². The van der Waals surface area contributed by atoms with Gasteiger partial charge in [-0.2, -0.15) is 0 Å². The number of aromatic nitrogens is 3. The fraction of sp³-hybridized carbons (Fsp3) is 0.200. The predicted molar refractivity (Wildman–Crippen MR) is 77.8 cm³/mol. The minimum atomic E-state index is -0.0816. The molecule has 2 N–H and O–H groups in total. The SMILES string of the molecule is O=c1cc[nH]cc1-c1nc2cc3c(cc2[nH]1)OCCCO3. The van der Waals surface area contributed by atoms with Crippen molar-refractivity contribution >= 4 is 11.0 Å². The number of H-pyrrole nitrogens is 2. The average Bonchev–Trinajstić information content (AvgIpc) is 2.75. The van der Waals surface area contributed by atoms with E-state index in [1.165, 1.54) is 6.07 Å². The molecule has 6 heteroatoms. The van der Waals surface area contributed by atoms with Gasteiger partial charge in [0.1, 0.15) is 5.82 Å². The molecule has 1 aliphatic heterocycles. The zero-order chi connectivity index (χ0) is 14.2. The largest absolute Gasteiger partial charge is 0.489 e. The van der Waals surface area contributed by atoms with Crippen molar-refractivity contribution < 1.29 is 9.47 Å². The first kappa shape index (κ1) is 12.0. The summed E-state index contributed by atoms with van der Waals surface area (Å²) >= 11 is 0. The Hall–Kier alpha value is -2.76. The van der Waals surface area contributed by atoms with Gasteiger partial charge in [0.25, 0.3) is 0 Å². The fourth-order valence-electron chi connectivity index (χ4n) is 2.40. The molecule has 0 atom stereocenters. The third-order valence-electron chi connectivity index (χ3n) is 3.43. The van der Waals surface area contributed by atoms with Gasteiger partial charge in [-0.05, 0) is 0 Å². The Morgan fingerprint density at radius 2 is 1.95 bits per heavy atom. The van der Waals surface area contributed by atoms with E-state index in [0.717, 1.165) is 17.5 Å². The highest BCUT2D eigenvalue weighted by Gasteiger charge is 2.15. The highest BCUT2D eigenvalue weighted by atomic mass is 16.5. The molecule has 0 saturated carbocycles. The fourth-order valence-corrected chi connectivity index (χ4v) is 2.40. The zero-order valence-electron chi connectivity index (χ0n) is 11.2. The van der Waals surface area contributed by atoms with Crippen molar-refractivity contribution in [3.05, 3.63) is 40.8 Å². The summed E-state index contributed by atoms with van der Waals surface area (Å²) in [7, 11) is 0. The number of fused-ring (bicyclic) bond motifs is 2. The number of benzene rings is 1. The first-order valence-corrected chi connectivity index (χ1v) is 6.78. The monoisotopic (exact) mass is 283 g/mol. The molecule has 0 bridgehead atoms. The first-order valence-electron chi connectivity index (χ1n) is 6.78. The normalized spacial score (nSPS) is 14.1. The van der Waals surface area contributed by atoms with Gasteiger partial charge in [-0.1, -0.05) is 0 Å². The van der Waals surface area contributed by atoms with Crippen LogP contribution in [0.5, 0.6) is 11.5 Å². The van der Waals surface area contributed by atoms with Crippen LogP contribution in [0.2, 0.25) is 0 Å². The summed E-state index contributed by atoms with van der Waals surface area (Å²) in [6.45, 7) is 1.27. The minimum absolute atomic E-state index is 0.0816. The highest BCUT2D eigenvalue weighted by Crippen LogP contribution is 2.34. The Morgan fingerprint density at radius 1 is 1.14 bits per heavy atom. The lowest BCUT2D eigenvalue weighted by atomic mass is 10.2. The number of imidazole rings is 1. The van der Waals surface area contributed by atoms with Gasteiger partial charge in [0, 0.05) is 37.0 Å². The smallest absolute Gasteiger partial charge is 0.192 e. The molecule has 0 aliphatic carbocycles. The second-order valence-corrected chi connectivity index (χ2v) is 4.87. The van der Waals surface area contributed by atoms with E-state index in [9.17, 15) is 4.79 Å². The van der Waals surface area contributed by atoms with E-state index in [0.29, 0.717) is 36.1 Å². The van der Waals surface area contributed by atoms with Crippen molar-refractivity contribution in [1.29, 1.82) is 0 Å². The summed E-state index contributed by atoms with van der Waals surface area (Å²) in [4.78, 5) is 22.4. The molecule has 6 nitrogen and oxygen atoms in total. The van der Waals surface area contributed by atoms with Crippen LogP contribution in [0.25, 0.3) is 22.4 Å². The van der Waals surface area contributed by atoms with E-state index in [4.69, 9.17) is 9.47 Å². The van der Waals surface area contributed by atoms with E-state index in [-0.39, 0.29) is 5.43 Å². The molecule has 1 aliphatic rings. The van der Waals surface area contributed by atoms with Gasteiger partial charge in [0.05, 0.1) is 29.8 Å². The summed E-state index contributed by atoms with van der Waals surface area (Å²) in [5.41, 5.74) is 1.99. The van der Waals surface area contributed by atoms with Crippen molar-refractivity contribution in [2.75, 3.05) is 13.2 Å². The maximum Gasteiger partial charge on any atom is 0.192 e. The molecule has 106 valence electrons. The molecule has 3 heterocycles. The van der Waals surface area contributed by atoms with Crippen LogP contribution in [0.4, 0.5) is 0 Å². The summed E-state index contributed by atoms with van der Waals surface area (Å²) in [6.07, 6.45) is 4.09. The Balaban J connectivity index is 1.87. The van der Waals surface area contributed by atoms with E-state index < -0.39 is 0 Å². The quantitative estimate of drug-likeness (QED) is 0.716. The molecule has 0 radical (unpaired) electrons. The standard InChI is InChI=1S/C15H13N3O3/c19-12-2-3-16-8-9(12)15-17-10-6-13-14(7-11(10)18-15)21-5-1-4-20-13/h2-3,6-8H,1,4-5H2,(H,16,19)(H,17,18). The third kappa shape index (κ3) is 2.05. The lowest BCUT2D eigenvalue weighted by Gasteiger charge is -2.05. The number of hydrogen-bond donors (Lipinski definition) is 2. The Morgan fingerprint density at radius 3 is 2.76 bits per heavy atom. The van der Waals surface area contributed by atoms with Gasteiger partial charge in [-0.25, -0.2) is 4.98 Å². The van der Waals surface area contributed by atoms with Crippen molar-refractivity contribution in [1.82, 2.24) is 15.0 Å². The molecule has 3 aromatic rings.